The fourth-order valence-electron chi connectivity index (χ4n) is 1.89. The van der Waals surface area contributed by atoms with Crippen molar-refractivity contribution >= 4 is 17.3 Å². The Morgan fingerprint density at radius 3 is 3.00 bits per heavy atom. The van der Waals surface area contributed by atoms with Crippen LogP contribution >= 0.6 is 11.6 Å². The highest BCUT2D eigenvalue weighted by molar-refractivity contribution is 6.32. The Morgan fingerprint density at radius 2 is 2.37 bits per heavy atom. The first kappa shape index (κ1) is 14.3. The molecular formula is C13H20ClN3O2. The zero-order valence-electron chi connectivity index (χ0n) is 11.4. The molecule has 1 saturated carbocycles. The van der Waals surface area contributed by atoms with Gasteiger partial charge >= 0.3 is 0 Å². The lowest BCUT2D eigenvalue weighted by molar-refractivity contribution is 0.0855. The van der Waals surface area contributed by atoms with E-state index in [1.165, 1.54) is 23.7 Å². The van der Waals surface area contributed by atoms with Crippen molar-refractivity contribution in [2.24, 2.45) is 5.92 Å². The van der Waals surface area contributed by atoms with E-state index in [0.717, 1.165) is 0 Å². The van der Waals surface area contributed by atoms with Gasteiger partial charge in [0.05, 0.1) is 17.3 Å². The topological polar surface area (TPSA) is 56.1 Å². The van der Waals surface area contributed by atoms with Crippen molar-refractivity contribution < 1.29 is 4.74 Å². The van der Waals surface area contributed by atoms with E-state index in [9.17, 15) is 4.79 Å². The van der Waals surface area contributed by atoms with Crippen LogP contribution in [0.3, 0.4) is 0 Å². The van der Waals surface area contributed by atoms with Crippen molar-refractivity contribution in [3.05, 3.63) is 21.6 Å². The maximum atomic E-state index is 12.2. The van der Waals surface area contributed by atoms with Crippen molar-refractivity contribution in [1.82, 2.24) is 9.78 Å². The maximum Gasteiger partial charge on any atom is 0.291 e. The molecule has 0 amide bonds. The van der Waals surface area contributed by atoms with Gasteiger partial charge in [-0.05, 0) is 32.6 Å². The average molecular weight is 286 g/mol. The van der Waals surface area contributed by atoms with E-state index in [1.54, 1.807) is 0 Å². The van der Waals surface area contributed by atoms with Gasteiger partial charge in [-0.1, -0.05) is 11.6 Å². The predicted octanol–water partition coefficient (Wildman–Crippen LogP) is 2.14. The average Bonchev–Trinajstić information content (AvgIpc) is 3.17. The summed E-state index contributed by atoms with van der Waals surface area (Å²) in [5, 5.41) is 7.51. The SMILES string of the molecule is CCOC(C)CNc1c(Cl)cnn(CC2CC2)c1=O. The molecule has 0 aromatic carbocycles. The Bertz CT molecular complexity index is 485. The van der Waals surface area contributed by atoms with Gasteiger partial charge in [0.1, 0.15) is 5.69 Å². The van der Waals surface area contributed by atoms with Crippen molar-refractivity contribution in [2.75, 3.05) is 18.5 Å². The molecular weight excluding hydrogens is 266 g/mol. The highest BCUT2D eigenvalue weighted by atomic mass is 35.5. The monoisotopic (exact) mass is 285 g/mol. The molecule has 1 fully saturated rings. The highest BCUT2D eigenvalue weighted by Crippen LogP contribution is 2.30. The van der Waals surface area contributed by atoms with Gasteiger partial charge < -0.3 is 10.1 Å². The van der Waals surface area contributed by atoms with Gasteiger partial charge in [-0.15, -0.1) is 0 Å². The van der Waals surface area contributed by atoms with Crippen molar-refractivity contribution in [3.63, 3.8) is 0 Å². The molecule has 1 aliphatic carbocycles. The predicted molar refractivity (Wildman–Crippen MR) is 75.8 cm³/mol. The van der Waals surface area contributed by atoms with Crippen LogP contribution in [0.2, 0.25) is 5.02 Å². The largest absolute Gasteiger partial charge is 0.377 e. The number of anilines is 1. The number of halogens is 1. The van der Waals surface area contributed by atoms with Gasteiger partial charge in [-0.3, -0.25) is 4.79 Å². The molecule has 0 bridgehead atoms. The van der Waals surface area contributed by atoms with Crippen molar-refractivity contribution in [1.29, 1.82) is 0 Å². The van der Waals surface area contributed by atoms with Gasteiger partial charge in [0, 0.05) is 19.7 Å². The van der Waals surface area contributed by atoms with Crippen LogP contribution in [0, 0.1) is 5.92 Å². The maximum absolute atomic E-state index is 12.2. The Labute approximate surface area is 117 Å². The second-order valence-corrected chi connectivity index (χ2v) is 5.35. The molecule has 106 valence electrons. The van der Waals surface area contributed by atoms with E-state index in [4.69, 9.17) is 16.3 Å². The summed E-state index contributed by atoms with van der Waals surface area (Å²) >= 11 is 6.04. The summed E-state index contributed by atoms with van der Waals surface area (Å²) in [6.45, 7) is 5.79. The Morgan fingerprint density at radius 1 is 1.63 bits per heavy atom. The summed E-state index contributed by atoms with van der Waals surface area (Å²) in [5.41, 5.74) is 0.270. The first-order valence-electron chi connectivity index (χ1n) is 6.73. The second kappa shape index (κ2) is 6.39. The van der Waals surface area contributed by atoms with Crippen LogP contribution in [-0.4, -0.2) is 29.0 Å². The normalized spacial score (nSPS) is 16.4. The molecule has 1 atom stereocenters. The molecule has 0 saturated heterocycles. The molecule has 6 heteroatoms. The van der Waals surface area contributed by atoms with E-state index in [0.29, 0.717) is 36.3 Å². The van der Waals surface area contributed by atoms with E-state index in [1.807, 2.05) is 13.8 Å². The van der Waals surface area contributed by atoms with Crippen LogP contribution in [0.25, 0.3) is 0 Å². The fraction of sp³-hybridized carbons (Fsp3) is 0.692. The second-order valence-electron chi connectivity index (χ2n) is 4.95. The molecule has 19 heavy (non-hydrogen) atoms. The Hall–Kier alpha value is -1.07. The van der Waals surface area contributed by atoms with Crippen LogP contribution in [0.15, 0.2) is 11.0 Å². The van der Waals surface area contributed by atoms with Gasteiger partial charge in [-0.2, -0.15) is 5.10 Å². The van der Waals surface area contributed by atoms with Crippen LogP contribution in [0.4, 0.5) is 5.69 Å². The van der Waals surface area contributed by atoms with Crippen LogP contribution < -0.4 is 10.9 Å². The molecule has 2 rings (SSSR count). The lowest BCUT2D eigenvalue weighted by Crippen LogP contribution is -2.29. The van der Waals surface area contributed by atoms with Gasteiger partial charge in [0.15, 0.2) is 0 Å². The van der Waals surface area contributed by atoms with Crippen LogP contribution in [0.1, 0.15) is 26.7 Å². The van der Waals surface area contributed by atoms with Crippen LogP contribution in [-0.2, 0) is 11.3 Å². The van der Waals surface area contributed by atoms with Gasteiger partial charge in [-0.25, -0.2) is 4.68 Å². The smallest absolute Gasteiger partial charge is 0.291 e. The molecule has 1 N–H and O–H groups in total. The molecule has 1 aromatic rings. The lowest BCUT2D eigenvalue weighted by Gasteiger charge is -2.14. The molecule has 5 nitrogen and oxygen atoms in total. The number of rotatable bonds is 7. The van der Waals surface area contributed by atoms with Crippen molar-refractivity contribution in [3.8, 4) is 0 Å². The summed E-state index contributed by atoms with van der Waals surface area (Å²) in [6.07, 6.45) is 3.92. The summed E-state index contributed by atoms with van der Waals surface area (Å²) < 4.78 is 6.92. The third-order valence-electron chi connectivity index (χ3n) is 3.14. The van der Waals surface area contributed by atoms with E-state index < -0.39 is 0 Å². The fourth-order valence-corrected chi connectivity index (χ4v) is 2.08. The number of hydrogen-bond donors (Lipinski definition) is 1. The van der Waals surface area contributed by atoms with Gasteiger partial charge in [0.2, 0.25) is 0 Å². The summed E-state index contributed by atoms with van der Waals surface area (Å²) in [6, 6.07) is 0. The quantitative estimate of drug-likeness (QED) is 0.834. The number of ether oxygens (including phenoxy) is 1. The molecule has 1 heterocycles. The number of nitrogens with one attached hydrogen (secondary N) is 1. The Kier molecular flexibility index (Phi) is 4.82. The summed E-state index contributed by atoms with van der Waals surface area (Å²) in [5.74, 6) is 0.599. The van der Waals surface area contributed by atoms with Crippen molar-refractivity contribution in [2.45, 2.75) is 39.3 Å². The summed E-state index contributed by atoms with van der Waals surface area (Å²) in [4.78, 5) is 12.2. The van der Waals surface area contributed by atoms with E-state index in [2.05, 4.69) is 10.4 Å². The first-order valence-corrected chi connectivity index (χ1v) is 7.10. The minimum atomic E-state index is -0.150. The highest BCUT2D eigenvalue weighted by Gasteiger charge is 2.23. The van der Waals surface area contributed by atoms with Gasteiger partial charge in [0.25, 0.3) is 5.56 Å². The molecule has 0 spiro atoms. The standard InChI is InChI=1S/C13H20ClN3O2/c1-3-19-9(2)6-15-12-11(14)7-16-17(13(12)18)8-10-4-5-10/h7,9-10,15H,3-6,8H2,1-2H3. The Balaban J connectivity index is 2.07. The number of nitrogens with zero attached hydrogens (tertiary/aromatic N) is 2. The molecule has 1 unspecified atom stereocenters. The number of hydrogen-bond acceptors (Lipinski definition) is 4. The van der Waals surface area contributed by atoms with E-state index >= 15 is 0 Å². The first-order chi connectivity index (χ1) is 9.11. The zero-order valence-corrected chi connectivity index (χ0v) is 12.1. The minimum absolute atomic E-state index is 0.0329. The minimum Gasteiger partial charge on any atom is -0.377 e. The molecule has 0 radical (unpaired) electrons. The molecule has 1 aromatic heterocycles. The molecule has 0 aliphatic heterocycles. The molecule has 1 aliphatic rings. The third-order valence-corrected chi connectivity index (χ3v) is 3.43. The zero-order chi connectivity index (χ0) is 13.8. The third kappa shape index (κ3) is 3.94. The number of aromatic nitrogens is 2. The van der Waals surface area contributed by atoms with E-state index in [-0.39, 0.29) is 11.7 Å². The lowest BCUT2D eigenvalue weighted by atomic mass is 10.3. The summed E-state index contributed by atoms with van der Waals surface area (Å²) in [7, 11) is 0. The van der Waals surface area contributed by atoms with Crippen LogP contribution in [0.5, 0.6) is 0 Å².